The monoisotopic (exact) mass is 293 g/mol. The van der Waals surface area contributed by atoms with Crippen molar-refractivity contribution >= 4 is 0 Å². The van der Waals surface area contributed by atoms with E-state index >= 15 is 0 Å². The van der Waals surface area contributed by atoms with Crippen LogP contribution in [0.4, 0.5) is 0 Å². The number of hydrogen-bond acceptors (Lipinski definition) is 2. The van der Waals surface area contributed by atoms with E-state index in [1.807, 2.05) is 0 Å². The Bertz CT molecular complexity index is 336. The molecule has 2 nitrogen and oxygen atoms in total. The second-order valence-electron chi connectivity index (χ2n) is 8.15. The third-order valence-electron chi connectivity index (χ3n) is 6.93. The summed E-state index contributed by atoms with van der Waals surface area (Å²) in [6, 6.07) is 0.729. The number of nitrogens with one attached hydrogen (secondary N) is 1. The molecule has 0 aromatic heterocycles. The molecule has 0 heterocycles. The molecule has 3 saturated carbocycles. The summed E-state index contributed by atoms with van der Waals surface area (Å²) in [5.74, 6) is 1.74. The summed E-state index contributed by atoms with van der Waals surface area (Å²) in [7, 11) is 0. The molecule has 3 aliphatic rings. The molecule has 122 valence electrons. The minimum Gasteiger partial charge on any atom is -0.374 e. The zero-order valence-corrected chi connectivity index (χ0v) is 14.4. The van der Waals surface area contributed by atoms with Crippen molar-refractivity contribution in [2.24, 2.45) is 17.3 Å². The topological polar surface area (TPSA) is 21.3 Å². The Hall–Kier alpha value is -0.0800. The van der Waals surface area contributed by atoms with Gasteiger partial charge in [-0.15, -0.1) is 0 Å². The molecule has 0 amide bonds. The van der Waals surface area contributed by atoms with E-state index < -0.39 is 0 Å². The summed E-state index contributed by atoms with van der Waals surface area (Å²) in [4.78, 5) is 0. The summed E-state index contributed by atoms with van der Waals surface area (Å²) < 4.78 is 6.68. The van der Waals surface area contributed by atoms with Crippen molar-refractivity contribution < 1.29 is 4.74 Å². The smallest absolute Gasteiger partial charge is 0.0665 e. The Morgan fingerprint density at radius 1 is 1.00 bits per heavy atom. The van der Waals surface area contributed by atoms with Gasteiger partial charge in [0.1, 0.15) is 0 Å². The number of rotatable bonds is 4. The van der Waals surface area contributed by atoms with Crippen LogP contribution < -0.4 is 5.32 Å². The predicted octanol–water partition coefficient (Wildman–Crippen LogP) is 4.53. The van der Waals surface area contributed by atoms with E-state index in [4.69, 9.17) is 4.74 Å². The van der Waals surface area contributed by atoms with Gasteiger partial charge in [-0.1, -0.05) is 40.0 Å². The van der Waals surface area contributed by atoms with E-state index in [-0.39, 0.29) is 0 Å². The van der Waals surface area contributed by atoms with Crippen LogP contribution in [0.5, 0.6) is 0 Å². The summed E-state index contributed by atoms with van der Waals surface area (Å²) in [5.41, 5.74) is 0.487. The van der Waals surface area contributed by atoms with Gasteiger partial charge in [0.15, 0.2) is 0 Å². The molecule has 1 spiro atoms. The van der Waals surface area contributed by atoms with Gasteiger partial charge in [-0.2, -0.15) is 0 Å². The lowest BCUT2D eigenvalue weighted by atomic mass is 9.55. The van der Waals surface area contributed by atoms with Crippen LogP contribution in [0.15, 0.2) is 0 Å². The minimum absolute atomic E-state index is 0.487. The fourth-order valence-corrected chi connectivity index (χ4v) is 5.21. The Morgan fingerprint density at radius 2 is 1.76 bits per heavy atom. The van der Waals surface area contributed by atoms with Gasteiger partial charge in [0.2, 0.25) is 0 Å². The third-order valence-corrected chi connectivity index (χ3v) is 6.93. The van der Waals surface area contributed by atoms with E-state index in [1.165, 1.54) is 57.8 Å². The number of ether oxygens (including phenoxy) is 1. The molecule has 5 unspecified atom stereocenters. The fourth-order valence-electron chi connectivity index (χ4n) is 5.21. The summed E-state index contributed by atoms with van der Waals surface area (Å²) in [6.45, 7) is 8.18. The molecule has 0 radical (unpaired) electrons. The molecule has 1 N–H and O–H groups in total. The molecule has 0 aliphatic heterocycles. The Morgan fingerprint density at radius 3 is 2.43 bits per heavy atom. The van der Waals surface area contributed by atoms with Crippen molar-refractivity contribution in [2.45, 2.75) is 96.8 Å². The maximum absolute atomic E-state index is 6.68. The molecule has 5 atom stereocenters. The Balaban J connectivity index is 1.60. The van der Waals surface area contributed by atoms with Crippen molar-refractivity contribution in [2.75, 3.05) is 6.54 Å². The normalized spacial score (nSPS) is 42.7. The van der Waals surface area contributed by atoms with Gasteiger partial charge in [-0.25, -0.2) is 0 Å². The Kier molecular flexibility index (Phi) is 4.95. The van der Waals surface area contributed by atoms with Gasteiger partial charge in [0, 0.05) is 11.5 Å². The molecule has 3 aliphatic carbocycles. The van der Waals surface area contributed by atoms with Crippen LogP contribution >= 0.6 is 0 Å². The molecule has 0 aromatic rings. The molecule has 3 fully saturated rings. The highest BCUT2D eigenvalue weighted by molar-refractivity contribution is 5.09. The number of hydrogen-bond donors (Lipinski definition) is 1. The second kappa shape index (κ2) is 6.58. The first-order valence-electron chi connectivity index (χ1n) is 9.54. The van der Waals surface area contributed by atoms with Crippen molar-refractivity contribution in [1.29, 1.82) is 0 Å². The Labute approximate surface area is 131 Å². The largest absolute Gasteiger partial charge is 0.374 e. The molecule has 0 aromatic carbocycles. The van der Waals surface area contributed by atoms with E-state index in [1.54, 1.807) is 0 Å². The lowest BCUT2D eigenvalue weighted by Crippen LogP contribution is -2.65. The van der Waals surface area contributed by atoms with E-state index in [2.05, 4.69) is 26.1 Å². The van der Waals surface area contributed by atoms with Crippen molar-refractivity contribution in [3.05, 3.63) is 0 Å². The van der Waals surface area contributed by atoms with Gasteiger partial charge in [-0.3, -0.25) is 0 Å². The van der Waals surface area contributed by atoms with Gasteiger partial charge in [-0.05, 0) is 56.9 Å². The van der Waals surface area contributed by atoms with Gasteiger partial charge < -0.3 is 10.1 Å². The molecular weight excluding hydrogens is 258 g/mol. The average Bonchev–Trinajstić information content (AvgIpc) is 2.50. The van der Waals surface area contributed by atoms with Gasteiger partial charge in [0.25, 0.3) is 0 Å². The van der Waals surface area contributed by atoms with E-state index in [0.717, 1.165) is 24.4 Å². The second-order valence-corrected chi connectivity index (χ2v) is 8.15. The van der Waals surface area contributed by atoms with E-state index in [0.29, 0.717) is 17.6 Å². The van der Waals surface area contributed by atoms with Crippen molar-refractivity contribution in [3.63, 3.8) is 0 Å². The van der Waals surface area contributed by atoms with Crippen LogP contribution in [0.2, 0.25) is 0 Å². The minimum atomic E-state index is 0.487. The van der Waals surface area contributed by atoms with Crippen LogP contribution in [0.1, 0.15) is 78.6 Å². The quantitative estimate of drug-likeness (QED) is 0.822. The highest BCUT2D eigenvalue weighted by Gasteiger charge is 2.55. The first kappa shape index (κ1) is 15.8. The average molecular weight is 293 g/mol. The predicted molar refractivity (Wildman–Crippen MR) is 88.4 cm³/mol. The van der Waals surface area contributed by atoms with Gasteiger partial charge in [0.05, 0.1) is 12.2 Å². The van der Waals surface area contributed by atoms with Crippen LogP contribution in [0.25, 0.3) is 0 Å². The van der Waals surface area contributed by atoms with Crippen LogP contribution in [-0.4, -0.2) is 24.8 Å². The maximum Gasteiger partial charge on any atom is 0.0665 e. The fraction of sp³-hybridized carbons (Fsp3) is 1.00. The lowest BCUT2D eigenvalue weighted by Gasteiger charge is -2.59. The van der Waals surface area contributed by atoms with Crippen molar-refractivity contribution in [1.82, 2.24) is 5.32 Å². The molecular formula is C19H35NO. The summed E-state index contributed by atoms with van der Waals surface area (Å²) in [5, 5.41) is 3.75. The summed E-state index contributed by atoms with van der Waals surface area (Å²) in [6.07, 6.45) is 13.4. The molecule has 3 rings (SSSR count). The molecule has 0 bridgehead atoms. The summed E-state index contributed by atoms with van der Waals surface area (Å²) >= 11 is 0. The maximum atomic E-state index is 6.68. The standard InChI is InChI=1S/C19H35NO/c1-4-20-17-13-18(19(17)10-6-5-7-11-19)21-16-9-8-14(2)15(3)12-16/h14-18,20H,4-13H2,1-3H3. The first-order chi connectivity index (χ1) is 10.2. The van der Waals surface area contributed by atoms with E-state index in [9.17, 15) is 0 Å². The van der Waals surface area contributed by atoms with Crippen LogP contribution in [0.3, 0.4) is 0 Å². The SMILES string of the molecule is CCNC1CC(OC2CCC(C)C(C)C2)C12CCCCC2. The highest BCUT2D eigenvalue weighted by atomic mass is 16.5. The third kappa shape index (κ3) is 3.03. The lowest BCUT2D eigenvalue weighted by molar-refractivity contribution is -0.185. The molecule has 0 saturated heterocycles. The molecule has 2 heteroatoms. The zero-order chi connectivity index (χ0) is 14.9. The van der Waals surface area contributed by atoms with Crippen LogP contribution in [-0.2, 0) is 4.74 Å². The van der Waals surface area contributed by atoms with Crippen LogP contribution in [0, 0.1) is 17.3 Å². The van der Waals surface area contributed by atoms with Gasteiger partial charge >= 0.3 is 0 Å². The zero-order valence-electron chi connectivity index (χ0n) is 14.4. The highest BCUT2D eigenvalue weighted by Crippen LogP contribution is 2.54. The first-order valence-corrected chi connectivity index (χ1v) is 9.54. The van der Waals surface area contributed by atoms with Crippen molar-refractivity contribution in [3.8, 4) is 0 Å². The molecule has 21 heavy (non-hydrogen) atoms.